The Morgan fingerprint density at radius 1 is 1.14 bits per heavy atom. The molecular formula is C19H19N3. The van der Waals surface area contributed by atoms with Crippen molar-refractivity contribution in [1.82, 2.24) is 9.38 Å². The molecule has 1 aromatic carbocycles. The van der Waals surface area contributed by atoms with E-state index in [1.807, 2.05) is 0 Å². The molecule has 2 aliphatic rings. The van der Waals surface area contributed by atoms with Gasteiger partial charge >= 0.3 is 0 Å². The van der Waals surface area contributed by atoms with E-state index in [2.05, 4.69) is 59.2 Å². The van der Waals surface area contributed by atoms with Gasteiger partial charge in [0.25, 0.3) is 0 Å². The third-order valence-corrected chi connectivity index (χ3v) is 5.25. The van der Waals surface area contributed by atoms with Crippen LogP contribution < -0.4 is 5.32 Å². The minimum absolute atomic E-state index is 0.0539. The van der Waals surface area contributed by atoms with Gasteiger partial charge in [-0.15, -0.1) is 0 Å². The summed E-state index contributed by atoms with van der Waals surface area (Å²) in [6.07, 6.45) is 7.14. The van der Waals surface area contributed by atoms with Gasteiger partial charge in [0.15, 0.2) is 0 Å². The van der Waals surface area contributed by atoms with Gasteiger partial charge in [0.1, 0.15) is 5.65 Å². The number of anilines is 1. The maximum absolute atomic E-state index is 5.00. The van der Waals surface area contributed by atoms with Crippen molar-refractivity contribution in [2.75, 3.05) is 5.32 Å². The van der Waals surface area contributed by atoms with E-state index >= 15 is 0 Å². The van der Waals surface area contributed by atoms with Gasteiger partial charge < -0.3 is 9.72 Å². The number of rotatable bonds is 0. The average molecular weight is 289 g/mol. The van der Waals surface area contributed by atoms with Crippen molar-refractivity contribution in [2.24, 2.45) is 0 Å². The molecule has 0 amide bonds. The summed E-state index contributed by atoms with van der Waals surface area (Å²) in [7, 11) is 0. The highest BCUT2D eigenvalue weighted by molar-refractivity contribution is 5.83. The van der Waals surface area contributed by atoms with Gasteiger partial charge in [-0.25, -0.2) is 4.98 Å². The monoisotopic (exact) mass is 289 g/mol. The van der Waals surface area contributed by atoms with Crippen LogP contribution in [0.15, 0.2) is 42.6 Å². The lowest BCUT2D eigenvalue weighted by Crippen LogP contribution is -2.36. The predicted octanol–water partition coefficient (Wildman–Crippen LogP) is 4.50. The van der Waals surface area contributed by atoms with E-state index in [0.717, 1.165) is 5.65 Å². The summed E-state index contributed by atoms with van der Waals surface area (Å²) >= 11 is 0. The van der Waals surface area contributed by atoms with Crippen molar-refractivity contribution >= 4 is 11.3 Å². The van der Waals surface area contributed by atoms with Gasteiger partial charge in [0.2, 0.25) is 0 Å². The largest absolute Gasteiger partial charge is 0.373 e. The van der Waals surface area contributed by atoms with Crippen LogP contribution >= 0.6 is 0 Å². The van der Waals surface area contributed by atoms with Crippen LogP contribution in [0, 0.1) is 6.92 Å². The van der Waals surface area contributed by atoms with E-state index in [1.54, 1.807) is 0 Å². The molecule has 5 rings (SSSR count). The summed E-state index contributed by atoms with van der Waals surface area (Å²) in [5.74, 6) is 0. The van der Waals surface area contributed by atoms with Crippen LogP contribution in [0.1, 0.15) is 36.9 Å². The highest BCUT2D eigenvalue weighted by Crippen LogP contribution is 2.50. The highest BCUT2D eigenvalue weighted by atomic mass is 15.1. The molecule has 3 heterocycles. The zero-order valence-electron chi connectivity index (χ0n) is 12.8. The van der Waals surface area contributed by atoms with E-state index in [1.165, 1.54) is 53.9 Å². The van der Waals surface area contributed by atoms with Crippen LogP contribution in [0.5, 0.6) is 0 Å². The number of benzene rings is 1. The topological polar surface area (TPSA) is 29.3 Å². The Labute approximate surface area is 130 Å². The fourth-order valence-electron chi connectivity index (χ4n) is 4.25. The van der Waals surface area contributed by atoms with Crippen LogP contribution in [0.4, 0.5) is 5.69 Å². The molecule has 2 aromatic heterocycles. The van der Waals surface area contributed by atoms with Gasteiger partial charge in [-0.3, -0.25) is 0 Å². The number of imidazole rings is 1. The number of nitrogens with one attached hydrogen (secondary N) is 1. The fraction of sp³-hybridized carbons (Fsp3) is 0.316. The second kappa shape index (κ2) is 4.13. The van der Waals surface area contributed by atoms with E-state index < -0.39 is 0 Å². The molecule has 0 atom stereocenters. The quantitative estimate of drug-likeness (QED) is 0.660. The Bertz CT molecular complexity index is 885. The Morgan fingerprint density at radius 3 is 2.82 bits per heavy atom. The fourth-order valence-corrected chi connectivity index (χ4v) is 4.25. The number of hydrogen-bond acceptors (Lipinski definition) is 2. The van der Waals surface area contributed by atoms with E-state index in [4.69, 9.17) is 4.98 Å². The molecule has 1 spiro atoms. The van der Waals surface area contributed by atoms with Gasteiger partial charge in [-0.1, -0.05) is 31.0 Å². The number of hydrogen-bond donors (Lipinski definition) is 1. The van der Waals surface area contributed by atoms with Crippen molar-refractivity contribution in [3.63, 3.8) is 0 Å². The van der Waals surface area contributed by atoms with Gasteiger partial charge in [0.05, 0.1) is 16.9 Å². The van der Waals surface area contributed by atoms with E-state index in [-0.39, 0.29) is 5.54 Å². The summed E-state index contributed by atoms with van der Waals surface area (Å²) in [4.78, 5) is 5.00. The van der Waals surface area contributed by atoms with Crippen LogP contribution in [-0.2, 0) is 5.54 Å². The molecule has 1 fully saturated rings. The average Bonchev–Trinajstić information content (AvgIpc) is 3.12. The minimum atomic E-state index is 0.0539. The molecular weight excluding hydrogens is 270 g/mol. The Hall–Kier alpha value is -2.29. The second-order valence-electron chi connectivity index (χ2n) is 6.70. The van der Waals surface area contributed by atoms with Gasteiger partial charge in [-0.05, 0) is 43.5 Å². The lowest BCUT2D eigenvalue weighted by atomic mass is 9.85. The molecule has 110 valence electrons. The molecule has 1 saturated carbocycles. The summed E-state index contributed by atoms with van der Waals surface area (Å²) in [5, 5.41) is 3.86. The maximum Gasteiger partial charge on any atom is 0.138 e. The standard InChI is InChI=1S/C19H19N3/c1-13-8-11-22-16(12-13)20-17-14-6-2-3-7-15(14)21-19(18(17)22)9-4-5-10-19/h2-3,6-8,11-12,21H,4-5,9-10H2,1H3. The smallest absolute Gasteiger partial charge is 0.138 e. The Kier molecular flexibility index (Phi) is 2.30. The minimum Gasteiger partial charge on any atom is -0.373 e. The normalized spacial score (nSPS) is 18.2. The Morgan fingerprint density at radius 2 is 1.95 bits per heavy atom. The zero-order chi connectivity index (χ0) is 14.7. The molecule has 1 aliphatic heterocycles. The third-order valence-electron chi connectivity index (χ3n) is 5.25. The number of fused-ring (bicyclic) bond motifs is 6. The Balaban J connectivity index is 1.90. The SMILES string of the molecule is Cc1ccn2c3c(nc2c1)-c1ccccc1NC31CCCC1. The number of pyridine rings is 1. The number of aromatic nitrogens is 2. The number of aryl methyl sites for hydroxylation is 1. The van der Waals surface area contributed by atoms with Crippen molar-refractivity contribution in [2.45, 2.75) is 38.1 Å². The molecule has 3 heteroatoms. The lowest BCUT2D eigenvalue weighted by Gasteiger charge is -2.36. The van der Waals surface area contributed by atoms with Gasteiger partial charge in [0, 0.05) is 17.4 Å². The second-order valence-corrected chi connectivity index (χ2v) is 6.70. The van der Waals surface area contributed by atoms with Crippen LogP contribution in [0.25, 0.3) is 16.9 Å². The third kappa shape index (κ3) is 1.48. The molecule has 3 aromatic rings. The maximum atomic E-state index is 5.00. The molecule has 0 radical (unpaired) electrons. The molecule has 0 bridgehead atoms. The number of nitrogens with zero attached hydrogens (tertiary/aromatic N) is 2. The van der Waals surface area contributed by atoms with Crippen molar-refractivity contribution in [1.29, 1.82) is 0 Å². The summed E-state index contributed by atoms with van der Waals surface area (Å²) < 4.78 is 2.30. The van der Waals surface area contributed by atoms with Crippen LogP contribution in [-0.4, -0.2) is 9.38 Å². The zero-order valence-corrected chi connectivity index (χ0v) is 12.8. The van der Waals surface area contributed by atoms with E-state index in [0.29, 0.717) is 0 Å². The van der Waals surface area contributed by atoms with Gasteiger partial charge in [-0.2, -0.15) is 0 Å². The molecule has 1 N–H and O–H groups in total. The summed E-state index contributed by atoms with van der Waals surface area (Å²) in [6.45, 7) is 2.13. The van der Waals surface area contributed by atoms with Crippen LogP contribution in [0.3, 0.4) is 0 Å². The van der Waals surface area contributed by atoms with Crippen LogP contribution in [0.2, 0.25) is 0 Å². The van der Waals surface area contributed by atoms with Crippen molar-refractivity contribution in [3.8, 4) is 11.3 Å². The first kappa shape index (κ1) is 12.3. The van der Waals surface area contributed by atoms with Crippen molar-refractivity contribution < 1.29 is 0 Å². The molecule has 3 nitrogen and oxygen atoms in total. The highest BCUT2D eigenvalue weighted by Gasteiger charge is 2.43. The molecule has 0 saturated heterocycles. The molecule has 22 heavy (non-hydrogen) atoms. The lowest BCUT2D eigenvalue weighted by molar-refractivity contribution is 0.486. The first-order valence-corrected chi connectivity index (χ1v) is 8.14. The first-order chi connectivity index (χ1) is 10.8. The molecule has 1 aliphatic carbocycles. The van der Waals surface area contributed by atoms with Crippen molar-refractivity contribution in [3.05, 3.63) is 53.9 Å². The first-order valence-electron chi connectivity index (χ1n) is 8.14. The molecule has 0 unspecified atom stereocenters. The number of para-hydroxylation sites is 1. The summed E-state index contributed by atoms with van der Waals surface area (Å²) in [6, 6.07) is 12.9. The predicted molar refractivity (Wildman–Crippen MR) is 89.1 cm³/mol. The van der Waals surface area contributed by atoms with E-state index in [9.17, 15) is 0 Å². The summed E-state index contributed by atoms with van der Waals surface area (Å²) in [5.41, 5.74) is 7.37.